The molecule has 1 amide bonds. The summed E-state index contributed by atoms with van der Waals surface area (Å²) in [6.07, 6.45) is 10.9. The van der Waals surface area contributed by atoms with Crippen LogP contribution in [0.15, 0.2) is 12.2 Å². The summed E-state index contributed by atoms with van der Waals surface area (Å²) in [7, 11) is 0. The predicted molar refractivity (Wildman–Crippen MR) is 80.4 cm³/mol. The summed E-state index contributed by atoms with van der Waals surface area (Å²) in [6.45, 7) is 2.61. The first-order chi connectivity index (χ1) is 9.57. The number of nitrogens with two attached hydrogens (primary N) is 1. The fraction of sp³-hybridized carbons (Fsp3) is 0.733. The number of carbonyl (C=O) groups is 2. The van der Waals surface area contributed by atoms with Gasteiger partial charge in [0.05, 0.1) is 0 Å². The van der Waals surface area contributed by atoms with Crippen molar-refractivity contribution in [3.05, 3.63) is 12.2 Å². The smallest absolute Gasteiger partial charge is 0.320 e. The van der Waals surface area contributed by atoms with Crippen molar-refractivity contribution in [3.8, 4) is 0 Å². The molecule has 0 aliphatic heterocycles. The van der Waals surface area contributed by atoms with Crippen molar-refractivity contribution in [2.75, 3.05) is 6.54 Å². The number of allylic oxidation sites excluding steroid dienone is 2. The highest BCUT2D eigenvalue weighted by Gasteiger charge is 2.10. The molecular weight excluding hydrogens is 256 g/mol. The Balaban J connectivity index is 3.34. The fourth-order valence-corrected chi connectivity index (χ4v) is 1.82. The lowest BCUT2D eigenvalue weighted by atomic mass is 10.1. The lowest BCUT2D eigenvalue weighted by Gasteiger charge is -2.07. The third-order valence-electron chi connectivity index (χ3n) is 3.09. The molecule has 116 valence electrons. The normalized spacial score (nSPS) is 12.5. The summed E-state index contributed by atoms with van der Waals surface area (Å²) in [5.41, 5.74) is 5.38. The lowest BCUT2D eigenvalue weighted by molar-refractivity contribution is -0.138. The van der Waals surface area contributed by atoms with E-state index in [0.29, 0.717) is 19.4 Å². The third kappa shape index (κ3) is 11.7. The molecule has 0 radical (unpaired) electrons. The Bertz CT molecular complexity index is 303. The van der Waals surface area contributed by atoms with Gasteiger partial charge in [-0.25, -0.2) is 0 Å². The fourth-order valence-electron chi connectivity index (χ4n) is 1.82. The first kappa shape index (κ1) is 18.6. The van der Waals surface area contributed by atoms with Crippen molar-refractivity contribution >= 4 is 11.9 Å². The topological polar surface area (TPSA) is 92.4 Å². The molecule has 0 unspecified atom stereocenters. The minimum absolute atomic E-state index is 0.0820. The van der Waals surface area contributed by atoms with E-state index in [1.165, 1.54) is 0 Å². The molecule has 0 aliphatic rings. The number of nitrogens with one attached hydrogen (secondary N) is 1. The van der Waals surface area contributed by atoms with Gasteiger partial charge in [0.2, 0.25) is 5.91 Å². The second kappa shape index (κ2) is 12.7. The van der Waals surface area contributed by atoms with Crippen molar-refractivity contribution in [3.63, 3.8) is 0 Å². The summed E-state index contributed by atoms with van der Waals surface area (Å²) in [6, 6.07) is -0.789. The largest absolute Gasteiger partial charge is 0.480 e. The van der Waals surface area contributed by atoms with E-state index in [9.17, 15) is 9.59 Å². The number of hydrogen-bond acceptors (Lipinski definition) is 3. The SMILES string of the molecule is C/C=C/CCCCCC(=O)NCCCC[C@H](N)C(=O)O. The zero-order valence-corrected chi connectivity index (χ0v) is 12.4. The maximum atomic E-state index is 11.5. The van der Waals surface area contributed by atoms with Gasteiger partial charge in [0, 0.05) is 13.0 Å². The zero-order valence-electron chi connectivity index (χ0n) is 12.4. The Labute approximate surface area is 121 Å². The van der Waals surface area contributed by atoms with Crippen LogP contribution < -0.4 is 11.1 Å². The third-order valence-corrected chi connectivity index (χ3v) is 3.09. The van der Waals surface area contributed by atoms with Gasteiger partial charge in [0.25, 0.3) is 0 Å². The van der Waals surface area contributed by atoms with E-state index in [1.807, 2.05) is 13.0 Å². The molecule has 0 saturated carbocycles. The van der Waals surface area contributed by atoms with Crippen molar-refractivity contribution in [1.29, 1.82) is 0 Å². The number of carbonyl (C=O) groups excluding carboxylic acids is 1. The summed E-state index contributed by atoms with van der Waals surface area (Å²) >= 11 is 0. The van der Waals surface area contributed by atoms with E-state index in [-0.39, 0.29) is 5.91 Å². The van der Waals surface area contributed by atoms with Gasteiger partial charge in [0.1, 0.15) is 6.04 Å². The van der Waals surface area contributed by atoms with E-state index in [0.717, 1.165) is 38.5 Å². The number of unbranched alkanes of at least 4 members (excludes halogenated alkanes) is 4. The number of rotatable bonds is 12. The van der Waals surface area contributed by atoms with Crippen LogP contribution in [0, 0.1) is 0 Å². The molecule has 0 aliphatic carbocycles. The summed E-state index contributed by atoms with van der Waals surface area (Å²) in [5.74, 6) is -0.884. The molecule has 0 rings (SSSR count). The van der Waals surface area contributed by atoms with E-state index in [1.54, 1.807) is 0 Å². The van der Waals surface area contributed by atoms with Gasteiger partial charge in [-0.15, -0.1) is 0 Å². The van der Waals surface area contributed by atoms with Gasteiger partial charge in [-0.3, -0.25) is 9.59 Å². The van der Waals surface area contributed by atoms with Crippen molar-refractivity contribution in [2.45, 2.75) is 64.3 Å². The van der Waals surface area contributed by atoms with E-state index in [4.69, 9.17) is 10.8 Å². The first-order valence-corrected chi connectivity index (χ1v) is 7.44. The quantitative estimate of drug-likeness (QED) is 0.378. The van der Waals surface area contributed by atoms with Gasteiger partial charge in [0.15, 0.2) is 0 Å². The second-order valence-corrected chi connectivity index (χ2v) is 4.96. The number of carboxylic acid groups (broad SMARTS) is 1. The van der Waals surface area contributed by atoms with Crippen LogP contribution in [-0.2, 0) is 9.59 Å². The maximum Gasteiger partial charge on any atom is 0.320 e. The molecule has 5 nitrogen and oxygen atoms in total. The van der Waals surface area contributed by atoms with Crippen LogP contribution in [0.1, 0.15) is 58.3 Å². The molecule has 0 aromatic carbocycles. The van der Waals surface area contributed by atoms with Gasteiger partial charge in [-0.05, 0) is 45.4 Å². The molecule has 0 bridgehead atoms. The average molecular weight is 284 g/mol. The van der Waals surface area contributed by atoms with E-state index in [2.05, 4.69) is 11.4 Å². The van der Waals surface area contributed by atoms with Crippen LogP contribution in [0.4, 0.5) is 0 Å². The molecule has 0 spiro atoms. The minimum Gasteiger partial charge on any atom is -0.480 e. The first-order valence-electron chi connectivity index (χ1n) is 7.44. The van der Waals surface area contributed by atoms with Crippen molar-refractivity contribution < 1.29 is 14.7 Å². The molecule has 0 aromatic heterocycles. The molecule has 4 N–H and O–H groups in total. The Morgan fingerprint density at radius 1 is 1.20 bits per heavy atom. The lowest BCUT2D eigenvalue weighted by Crippen LogP contribution is -2.30. The van der Waals surface area contributed by atoms with Crippen LogP contribution in [0.25, 0.3) is 0 Å². The average Bonchev–Trinajstić information content (AvgIpc) is 2.41. The van der Waals surface area contributed by atoms with Crippen LogP contribution in [-0.4, -0.2) is 29.6 Å². The molecule has 0 heterocycles. The minimum atomic E-state index is -0.966. The Kier molecular flexibility index (Phi) is 11.8. The molecule has 5 heteroatoms. The van der Waals surface area contributed by atoms with Gasteiger partial charge >= 0.3 is 5.97 Å². The molecule has 0 saturated heterocycles. The van der Waals surface area contributed by atoms with Gasteiger partial charge in [-0.2, -0.15) is 0 Å². The highest BCUT2D eigenvalue weighted by Crippen LogP contribution is 2.04. The zero-order chi connectivity index (χ0) is 15.2. The highest BCUT2D eigenvalue weighted by atomic mass is 16.4. The second-order valence-electron chi connectivity index (χ2n) is 4.96. The summed E-state index contributed by atoms with van der Waals surface area (Å²) in [5, 5.41) is 11.4. The Morgan fingerprint density at radius 2 is 1.95 bits per heavy atom. The number of carboxylic acids is 1. The molecule has 20 heavy (non-hydrogen) atoms. The van der Waals surface area contributed by atoms with Crippen LogP contribution in [0.2, 0.25) is 0 Å². The number of amides is 1. The molecule has 1 atom stereocenters. The molecule has 0 aromatic rings. The van der Waals surface area contributed by atoms with Crippen LogP contribution >= 0.6 is 0 Å². The van der Waals surface area contributed by atoms with E-state index < -0.39 is 12.0 Å². The standard InChI is InChI=1S/C15H28N2O3/c1-2-3-4-5-6-7-11-14(18)17-12-9-8-10-13(16)15(19)20/h2-3,13H,4-12,16H2,1H3,(H,17,18)(H,19,20)/b3-2+/t13-/m0/s1. The van der Waals surface area contributed by atoms with Crippen molar-refractivity contribution in [1.82, 2.24) is 5.32 Å². The van der Waals surface area contributed by atoms with Gasteiger partial charge < -0.3 is 16.2 Å². The molecule has 0 fully saturated rings. The van der Waals surface area contributed by atoms with E-state index >= 15 is 0 Å². The van der Waals surface area contributed by atoms with Crippen molar-refractivity contribution in [2.24, 2.45) is 5.73 Å². The predicted octanol–water partition coefficient (Wildman–Crippen LogP) is 2.21. The van der Waals surface area contributed by atoms with Crippen LogP contribution in [0.3, 0.4) is 0 Å². The Hall–Kier alpha value is -1.36. The van der Waals surface area contributed by atoms with Crippen LogP contribution in [0.5, 0.6) is 0 Å². The Morgan fingerprint density at radius 3 is 2.60 bits per heavy atom. The molecular formula is C15H28N2O3. The summed E-state index contributed by atoms with van der Waals surface area (Å²) < 4.78 is 0. The number of aliphatic carboxylic acids is 1. The van der Waals surface area contributed by atoms with Gasteiger partial charge in [-0.1, -0.05) is 18.6 Å². The number of hydrogen-bond donors (Lipinski definition) is 3. The summed E-state index contributed by atoms with van der Waals surface area (Å²) in [4.78, 5) is 22.0. The maximum absolute atomic E-state index is 11.5. The highest BCUT2D eigenvalue weighted by molar-refractivity contribution is 5.75. The monoisotopic (exact) mass is 284 g/mol.